The van der Waals surface area contributed by atoms with Crippen LogP contribution in [0.3, 0.4) is 0 Å². The van der Waals surface area contributed by atoms with E-state index in [4.69, 9.17) is 0 Å². The predicted octanol–water partition coefficient (Wildman–Crippen LogP) is 1.96. The molecule has 0 N–H and O–H groups in total. The first-order valence-corrected chi connectivity index (χ1v) is 5.73. The summed E-state index contributed by atoms with van der Waals surface area (Å²) in [5.74, 6) is 0. The normalized spacial score (nSPS) is 15.3. The highest BCUT2D eigenvalue weighted by Crippen LogP contribution is 2.47. The van der Waals surface area contributed by atoms with Crippen molar-refractivity contribution in [3.8, 4) is 0 Å². The minimum Gasteiger partial charge on any atom is -0.301 e. The first-order valence-electron chi connectivity index (χ1n) is 1.02. The van der Waals surface area contributed by atoms with Gasteiger partial charge >= 0.3 is 0 Å². The molecule has 0 aromatic carbocycles. The van der Waals surface area contributed by atoms with E-state index in [9.17, 15) is 13.7 Å². The molecule has 0 fully saturated rings. The van der Waals surface area contributed by atoms with Crippen LogP contribution in [0.15, 0.2) is 0 Å². The van der Waals surface area contributed by atoms with E-state index in [0.717, 1.165) is 0 Å². The molecule has 0 aliphatic rings. The van der Waals surface area contributed by atoms with Gasteiger partial charge in [0.1, 0.15) is 0 Å². The van der Waals surface area contributed by atoms with Gasteiger partial charge < -0.3 is 4.57 Å². The summed E-state index contributed by atoms with van der Waals surface area (Å²) in [6, 6.07) is 0. The van der Waals surface area contributed by atoms with Crippen molar-refractivity contribution in [3.05, 3.63) is 0 Å². The van der Waals surface area contributed by atoms with E-state index in [0.29, 0.717) is 0 Å². The molecule has 34 valence electrons. The SMILES string of the molecule is O=P[PH](=O)P=O. The first kappa shape index (κ1) is 6.43. The number of hydrogen-bond donors (Lipinski definition) is 0. The third kappa shape index (κ3) is 2.66. The maximum absolute atomic E-state index is 9.72. The number of rotatable bonds is 2. The van der Waals surface area contributed by atoms with Gasteiger partial charge in [0.05, 0.1) is 0 Å². The van der Waals surface area contributed by atoms with Gasteiger partial charge in [-0.3, -0.25) is 9.13 Å². The van der Waals surface area contributed by atoms with Crippen molar-refractivity contribution in [2.24, 2.45) is 0 Å². The summed E-state index contributed by atoms with van der Waals surface area (Å²) >= 11 is 0. The van der Waals surface area contributed by atoms with Crippen LogP contribution in [0, 0.1) is 0 Å². The van der Waals surface area contributed by atoms with Gasteiger partial charge in [-0.1, -0.05) is 0 Å². The Morgan fingerprint density at radius 1 is 1.17 bits per heavy atom. The van der Waals surface area contributed by atoms with Crippen molar-refractivity contribution in [3.63, 3.8) is 0 Å². The second-order valence-electron chi connectivity index (χ2n) is 0.465. The lowest BCUT2D eigenvalue weighted by atomic mass is 16.0. The second kappa shape index (κ2) is 3.61. The van der Waals surface area contributed by atoms with Crippen LogP contribution in [0.25, 0.3) is 0 Å². The molecule has 0 spiro atoms. The molecule has 3 nitrogen and oxygen atoms in total. The fraction of sp³-hybridized carbons (Fsp3) is 0. The number of hydrogen-bond acceptors (Lipinski definition) is 3. The van der Waals surface area contributed by atoms with Gasteiger partial charge in [0, 0.05) is 0 Å². The Morgan fingerprint density at radius 3 is 1.50 bits per heavy atom. The Balaban J connectivity index is 3.52. The van der Waals surface area contributed by atoms with Gasteiger partial charge in [-0.25, -0.2) is 0 Å². The third-order valence-corrected chi connectivity index (χ3v) is 2.88. The molecule has 0 unspecified atom stereocenters. The van der Waals surface area contributed by atoms with Crippen molar-refractivity contribution in [2.75, 3.05) is 0 Å². The van der Waals surface area contributed by atoms with Crippen molar-refractivity contribution >= 4 is 23.5 Å². The first-order chi connectivity index (χ1) is 2.81. The van der Waals surface area contributed by atoms with Crippen molar-refractivity contribution < 1.29 is 13.7 Å². The van der Waals surface area contributed by atoms with E-state index in [2.05, 4.69) is 0 Å². The molecule has 0 aromatic heterocycles. The minimum absolute atomic E-state index is 0.500. The average Bonchev–Trinajstić information content (AvgIpc) is 1.65. The van der Waals surface area contributed by atoms with Crippen molar-refractivity contribution in [1.29, 1.82) is 0 Å². The molecular formula is HO3P3. The molecular weight excluding hydrogens is 141 g/mol. The average molecular weight is 142 g/mol. The fourth-order valence-corrected chi connectivity index (χ4v) is 0.450. The third-order valence-electron chi connectivity index (χ3n) is 0.156. The lowest BCUT2D eigenvalue weighted by Gasteiger charge is -1.56. The summed E-state index contributed by atoms with van der Waals surface area (Å²) in [5.41, 5.74) is 0. The highest BCUT2D eigenvalue weighted by molar-refractivity contribution is 8.40. The summed E-state index contributed by atoms with van der Waals surface area (Å²) in [6.45, 7) is 0. The zero-order valence-electron chi connectivity index (χ0n) is 2.62. The molecule has 0 atom stereocenters. The monoisotopic (exact) mass is 142 g/mol. The van der Waals surface area contributed by atoms with Crippen LogP contribution in [0.1, 0.15) is 0 Å². The van der Waals surface area contributed by atoms with Gasteiger partial charge in [0.2, 0.25) is 23.5 Å². The highest BCUT2D eigenvalue weighted by Gasteiger charge is 1.89. The summed E-state index contributed by atoms with van der Waals surface area (Å²) in [7, 11) is -3.29. The van der Waals surface area contributed by atoms with Crippen LogP contribution in [0.5, 0.6) is 0 Å². The van der Waals surface area contributed by atoms with E-state index in [1.807, 2.05) is 0 Å². The zero-order valence-corrected chi connectivity index (χ0v) is 5.41. The molecule has 0 rings (SSSR count). The Hall–Kier alpha value is 0.430. The Morgan fingerprint density at radius 2 is 1.50 bits per heavy atom. The molecule has 0 heterocycles. The summed E-state index contributed by atoms with van der Waals surface area (Å²) in [6.07, 6.45) is 0. The summed E-state index contributed by atoms with van der Waals surface area (Å²) in [5, 5.41) is 0. The fourth-order valence-electron chi connectivity index (χ4n) is 0.0167. The van der Waals surface area contributed by atoms with Crippen LogP contribution < -0.4 is 0 Å². The van der Waals surface area contributed by atoms with E-state index < -0.39 is 23.5 Å². The standard InChI is InChI=1S/HO3P3/c1-4-6(3)5-2/h6H. The maximum Gasteiger partial charge on any atom is 0.247 e. The van der Waals surface area contributed by atoms with Crippen LogP contribution in [-0.4, -0.2) is 0 Å². The van der Waals surface area contributed by atoms with E-state index in [1.54, 1.807) is 0 Å². The van der Waals surface area contributed by atoms with Gasteiger partial charge in [0.25, 0.3) is 0 Å². The van der Waals surface area contributed by atoms with Crippen LogP contribution >= 0.6 is 23.5 Å². The minimum atomic E-state index is -2.28. The lowest BCUT2D eigenvalue weighted by molar-refractivity contribution is 0.584. The maximum atomic E-state index is 9.72. The molecule has 0 aromatic rings. The quantitative estimate of drug-likeness (QED) is 0.553. The van der Waals surface area contributed by atoms with Gasteiger partial charge in [-0.05, 0) is 0 Å². The van der Waals surface area contributed by atoms with Gasteiger partial charge in [-0.15, -0.1) is 0 Å². The van der Waals surface area contributed by atoms with Crippen molar-refractivity contribution in [1.82, 2.24) is 0 Å². The van der Waals surface area contributed by atoms with Crippen LogP contribution in [-0.2, 0) is 13.7 Å². The van der Waals surface area contributed by atoms with Gasteiger partial charge in [0.15, 0.2) is 0 Å². The predicted molar refractivity (Wildman–Crippen MR) is 24.2 cm³/mol. The topological polar surface area (TPSA) is 51.2 Å². The summed E-state index contributed by atoms with van der Waals surface area (Å²) < 4.78 is 28.4. The smallest absolute Gasteiger partial charge is 0.247 e. The Labute approximate surface area is 38.1 Å². The molecule has 0 amide bonds. The van der Waals surface area contributed by atoms with E-state index in [-0.39, 0.29) is 0 Å². The van der Waals surface area contributed by atoms with Crippen LogP contribution in [0.4, 0.5) is 0 Å². The second-order valence-corrected chi connectivity index (χ2v) is 5.99. The van der Waals surface area contributed by atoms with E-state index in [1.165, 1.54) is 0 Å². The van der Waals surface area contributed by atoms with E-state index >= 15 is 0 Å². The zero-order chi connectivity index (χ0) is 4.99. The molecule has 0 saturated heterocycles. The Kier molecular flexibility index (Phi) is 3.87. The molecule has 0 aliphatic heterocycles. The molecule has 0 radical (unpaired) electrons. The Bertz CT molecular complexity index is 74.0. The summed E-state index contributed by atoms with van der Waals surface area (Å²) in [4.78, 5) is 0. The molecule has 0 aliphatic carbocycles. The molecule has 6 heteroatoms. The molecule has 6 heavy (non-hydrogen) atoms. The molecule has 0 bridgehead atoms. The highest BCUT2D eigenvalue weighted by atomic mass is 32.4. The van der Waals surface area contributed by atoms with Crippen LogP contribution in [0.2, 0.25) is 0 Å². The largest absolute Gasteiger partial charge is 0.301 e. The lowest BCUT2D eigenvalue weighted by Crippen LogP contribution is -1.07. The van der Waals surface area contributed by atoms with Crippen molar-refractivity contribution in [2.45, 2.75) is 0 Å². The molecule has 0 saturated carbocycles. The van der Waals surface area contributed by atoms with Gasteiger partial charge in [-0.2, -0.15) is 0 Å².